The van der Waals surface area contributed by atoms with E-state index < -0.39 is 5.97 Å². The Morgan fingerprint density at radius 2 is 2.07 bits per heavy atom. The maximum atomic E-state index is 13.1. The van der Waals surface area contributed by atoms with Crippen LogP contribution in [0.25, 0.3) is 10.2 Å². The second-order valence-corrected chi connectivity index (χ2v) is 8.60. The third-order valence-corrected chi connectivity index (χ3v) is 6.80. The molecule has 0 aliphatic carbocycles. The zero-order valence-electron chi connectivity index (χ0n) is 16.9. The summed E-state index contributed by atoms with van der Waals surface area (Å²) < 4.78 is 6.04. The maximum absolute atomic E-state index is 13.1. The maximum Gasteiger partial charge on any atom is 0.339 e. The lowest BCUT2D eigenvalue weighted by molar-refractivity contribution is 0.0599. The van der Waals surface area contributed by atoms with Crippen LogP contribution in [0.5, 0.6) is 0 Å². The fraction of sp³-hybridized carbons (Fsp3) is 0.409. The van der Waals surface area contributed by atoms with Crippen molar-refractivity contribution in [1.29, 1.82) is 0 Å². The molecule has 0 unspecified atom stereocenters. The molecule has 0 spiro atoms. The van der Waals surface area contributed by atoms with Gasteiger partial charge in [-0.15, -0.1) is 11.3 Å². The van der Waals surface area contributed by atoms with Crippen molar-refractivity contribution in [2.24, 2.45) is 0 Å². The van der Waals surface area contributed by atoms with Gasteiger partial charge in [0.2, 0.25) is 0 Å². The normalized spacial score (nSPS) is 17.6. The Balaban J connectivity index is 1.58. The van der Waals surface area contributed by atoms with E-state index in [1.807, 2.05) is 18.2 Å². The minimum absolute atomic E-state index is 0.00577. The Kier molecular flexibility index (Phi) is 5.52. The molecule has 1 atom stereocenters. The van der Waals surface area contributed by atoms with Gasteiger partial charge in [0, 0.05) is 5.69 Å². The van der Waals surface area contributed by atoms with Crippen LogP contribution in [-0.2, 0) is 4.74 Å². The molecular weight excluding hydrogens is 386 g/mol. The van der Waals surface area contributed by atoms with Gasteiger partial charge in [0.1, 0.15) is 5.01 Å². The molecule has 29 heavy (non-hydrogen) atoms. The number of nitrogens with one attached hydrogen (secondary N) is 1. The molecule has 1 aliphatic rings. The van der Waals surface area contributed by atoms with E-state index in [9.17, 15) is 9.59 Å². The molecule has 3 aromatic rings. The van der Waals surface area contributed by atoms with Crippen molar-refractivity contribution in [3.63, 3.8) is 0 Å². The molecule has 0 bridgehead atoms. The standard InChI is InChI=1S/C22H25N3O3S/c1-13-19(22(27)28-3)14(2)23-20(13)17(26)12-25-11-7-6-9-16(25)21-24-15-8-4-5-10-18(15)29-21/h4-5,8,10,16,23H,6-7,9,11-12H2,1-3H3/t16-/m0/s1. The molecule has 7 heteroatoms. The molecule has 4 rings (SSSR count). The number of benzene rings is 1. The molecule has 0 saturated carbocycles. The van der Waals surface area contributed by atoms with Crippen LogP contribution in [0.3, 0.4) is 0 Å². The average Bonchev–Trinajstić information content (AvgIpc) is 3.28. The molecule has 152 valence electrons. The number of rotatable bonds is 5. The van der Waals surface area contributed by atoms with E-state index in [1.54, 1.807) is 25.2 Å². The topological polar surface area (TPSA) is 75.3 Å². The second-order valence-electron chi connectivity index (χ2n) is 7.54. The lowest BCUT2D eigenvalue weighted by Gasteiger charge is -2.33. The van der Waals surface area contributed by atoms with Crippen molar-refractivity contribution >= 4 is 33.3 Å². The summed E-state index contributed by atoms with van der Waals surface area (Å²) in [6.07, 6.45) is 3.21. The first-order chi connectivity index (χ1) is 14.0. The number of hydrogen-bond acceptors (Lipinski definition) is 6. The monoisotopic (exact) mass is 411 g/mol. The highest BCUT2D eigenvalue weighted by Gasteiger charge is 2.30. The number of methoxy groups -OCH3 is 1. The molecule has 1 saturated heterocycles. The SMILES string of the molecule is COC(=O)c1c(C)[nH]c(C(=O)CN2CCCC[C@H]2c2nc3ccccc3s2)c1C. The number of H-pyrrole nitrogens is 1. The number of carbonyl (C=O) groups excluding carboxylic acids is 2. The summed E-state index contributed by atoms with van der Waals surface area (Å²) in [6, 6.07) is 8.31. The number of aromatic amines is 1. The Labute approximate surface area is 173 Å². The number of carbonyl (C=O) groups is 2. The van der Waals surface area contributed by atoms with Gasteiger partial charge >= 0.3 is 5.97 Å². The van der Waals surface area contributed by atoms with Crippen LogP contribution in [0.1, 0.15) is 62.4 Å². The number of piperidine rings is 1. The van der Waals surface area contributed by atoms with Gasteiger partial charge in [0.05, 0.1) is 41.2 Å². The molecule has 6 nitrogen and oxygen atoms in total. The lowest BCUT2D eigenvalue weighted by atomic mass is 10.0. The molecular formula is C22H25N3O3S. The summed E-state index contributed by atoms with van der Waals surface area (Å²) >= 11 is 1.71. The lowest BCUT2D eigenvalue weighted by Crippen LogP contribution is -2.37. The van der Waals surface area contributed by atoms with Crippen molar-refractivity contribution in [3.05, 3.63) is 51.8 Å². The van der Waals surface area contributed by atoms with Crippen LogP contribution in [0, 0.1) is 13.8 Å². The van der Waals surface area contributed by atoms with Crippen LogP contribution in [0.15, 0.2) is 24.3 Å². The van der Waals surface area contributed by atoms with Crippen LogP contribution in [-0.4, -0.2) is 46.8 Å². The molecule has 1 N–H and O–H groups in total. The van der Waals surface area contributed by atoms with Crippen molar-refractivity contribution in [2.75, 3.05) is 20.2 Å². The minimum Gasteiger partial charge on any atom is -0.465 e. The van der Waals surface area contributed by atoms with E-state index in [0.717, 1.165) is 36.3 Å². The van der Waals surface area contributed by atoms with E-state index in [0.29, 0.717) is 29.1 Å². The first kappa shape index (κ1) is 19.8. The van der Waals surface area contributed by atoms with Gasteiger partial charge in [0.15, 0.2) is 5.78 Å². The molecule has 2 aromatic heterocycles. The van der Waals surface area contributed by atoms with Crippen molar-refractivity contribution < 1.29 is 14.3 Å². The largest absolute Gasteiger partial charge is 0.465 e. The van der Waals surface area contributed by atoms with E-state index in [-0.39, 0.29) is 11.8 Å². The Bertz CT molecular complexity index is 1040. The van der Waals surface area contributed by atoms with Gasteiger partial charge in [-0.2, -0.15) is 0 Å². The van der Waals surface area contributed by atoms with E-state index in [1.165, 1.54) is 11.8 Å². The summed E-state index contributed by atoms with van der Waals surface area (Å²) in [5.74, 6) is -0.422. The first-order valence-corrected chi connectivity index (χ1v) is 10.7. The summed E-state index contributed by atoms with van der Waals surface area (Å²) in [5, 5.41) is 1.08. The van der Waals surface area contributed by atoms with Gasteiger partial charge in [0.25, 0.3) is 0 Å². The van der Waals surface area contributed by atoms with Crippen molar-refractivity contribution in [2.45, 2.75) is 39.2 Å². The van der Waals surface area contributed by atoms with Crippen LogP contribution >= 0.6 is 11.3 Å². The number of aryl methyl sites for hydroxylation is 1. The van der Waals surface area contributed by atoms with Gasteiger partial charge in [-0.25, -0.2) is 9.78 Å². The summed E-state index contributed by atoms with van der Waals surface area (Å²) in [5.41, 5.74) is 3.30. The number of likely N-dealkylation sites (tertiary alicyclic amines) is 1. The highest BCUT2D eigenvalue weighted by atomic mass is 32.1. The number of ketones is 1. The first-order valence-electron chi connectivity index (χ1n) is 9.89. The fourth-order valence-corrected chi connectivity index (χ4v) is 5.33. The number of hydrogen-bond donors (Lipinski definition) is 1. The van der Waals surface area contributed by atoms with Crippen LogP contribution in [0.4, 0.5) is 0 Å². The number of Topliss-reactive ketones (excluding diaryl/α,β-unsaturated/α-hetero) is 1. The van der Waals surface area contributed by atoms with Gasteiger partial charge < -0.3 is 9.72 Å². The van der Waals surface area contributed by atoms with Crippen LogP contribution < -0.4 is 0 Å². The number of para-hydroxylation sites is 1. The number of nitrogens with zero attached hydrogens (tertiary/aromatic N) is 2. The minimum atomic E-state index is -0.416. The Morgan fingerprint density at radius 3 is 2.83 bits per heavy atom. The highest BCUT2D eigenvalue weighted by Crippen LogP contribution is 2.35. The number of aromatic nitrogens is 2. The predicted octanol–water partition coefficient (Wildman–Crippen LogP) is 4.44. The third-order valence-electron chi connectivity index (χ3n) is 5.66. The molecule has 3 heterocycles. The number of esters is 1. The van der Waals surface area contributed by atoms with E-state index >= 15 is 0 Å². The predicted molar refractivity (Wildman–Crippen MR) is 114 cm³/mol. The van der Waals surface area contributed by atoms with Gasteiger partial charge in [-0.1, -0.05) is 18.6 Å². The van der Waals surface area contributed by atoms with Gasteiger partial charge in [-0.3, -0.25) is 9.69 Å². The number of ether oxygens (including phenoxy) is 1. The van der Waals surface area contributed by atoms with Crippen molar-refractivity contribution in [3.8, 4) is 0 Å². The average molecular weight is 412 g/mol. The fourth-order valence-electron chi connectivity index (χ4n) is 4.19. The quantitative estimate of drug-likeness (QED) is 0.496. The smallest absolute Gasteiger partial charge is 0.339 e. The van der Waals surface area contributed by atoms with Gasteiger partial charge in [-0.05, 0) is 50.9 Å². The molecule has 1 fully saturated rings. The Hall–Kier alpha value is -2.51. The second kappa shape index (κ2) is 8.08. The number of thiazole rings is 1. The third kappa shape index (κ3) is 3.72. The highest BCUT2D eigenvalue weighted by molar-refractivity contribution is 7.18. The van der Waals surface area contributed by atoms with E-state index in [2.05, 4.69) is 16.0 Å². The zero-order valence-corrected chi connectivity index (χ0v) is 17.8. The van der Waals surface area contributed by atoms with E-state index in [4.69, 9.17) is 9.72 Å². The Morgan fingerprint density at radius 1 is 1.28 bits per heavy atom. The van der Waals surface area contributed by atoms with Crippen LogP contribution in [0.2, 0.25) is 0 Å². The molecule has 0 radical (unpaired) electrons. The number of fused-ring (bicyclic) bond motifs is 1. The summed E-state index contributed by atoms with van der Waals surface area (Å²) in [4.78, 5) is 35.3. The molecule has 0 amide bonds. The van der Waals surface area contributed by atoms with Crippen molar-refractivity contribution in [1.82, 2.24) is 14.9 Å². The summed E-state index contributed by atoms with van der Waals surface area (Å²) in [7, 11) is 1.35. The molecule has 1 aliphatic heterocycles. The zero-order chi connectivity index (χ0) is 20.5. The molecule has 1 aromatic carbocycles. The summed E-state index contributed by atoms with van der Waals surface area (Å²) in [6.45, 7) is 4.77.